The van der Waals surface area contributed by atoms with Crippen molar-refractivity contribution in [1.82, 2.24) is 78.7 Å². The smallest absolute Gasteiger partial charge is 0.312 e. The number of nitrogens with two attached hydrogens (primary N) is 5. The number of H-pyrrole nitrogens is 1. The second kappa shape index (κ2) is 48.7. The third-order valence-electron chi connectivity index (χ3n) is 22.4. The number of aliphatic carboxylic acids is 1. The van der Waals surface area contributed by atoms with Gasteiger partial charge in [-0.25, -0.2) is 4.79 Å². The van der Waals surface area contributed by atoms with E-state index >= 15 is 28.8 Å². The summed E-state index contributed by atoms with van der Waals surface area (Å²) in [4.78, 5) is 266. The molecule has 17 amide bonds. The van der Waals surface area contributed by atoms with Crippen molar-refractivity contribution < 1.29 is 106 Å². The number of urea groups is 1. The zero-order valence-corrected chi connectivity index (χ0v) is 76.6. The van der Waals surface area contributed by atoms with Crippen molar-refractivity contribution in [2.24, 2.45) is 34.6 Å². The number of aryl methyl sites for hydroxylation is 1. The minimum absolute atomic E-state index is 0.0944. The standard InChI is InChI=1S/C89H118N20O22S2/c1-47-14-11-18-58-56(45-97-71(47)58)40-62-78(121)99-59(19-13-32-96-86(94)129)76(119)107-74(88(6,7)133-132-87(4,5)73(98-49(3)111)83(126)104-64(43-68(92)114)80(123)106-72(48(2)110)82(125)102-62)84(127)103-60(37-50-21-25-57(26-22-50)131-35-30-90)77(120)101-61(38-51-20-23-53-16-9-10-17-54(53)36-51)81(124)108-89(28-33-130-34-29-89)66(112)41-55(24-27-70(116)117)75(118)100-63(42-67(91)113)79(122)105-65(39-52-15-12-31-95-44-52)85(128)109(8)46-69(93)115/h9-12,14-18,20-23,25-26,31,36,44-45,48,55,59-65,72-74,97,110H,13,19,24,27-30,32-35,37-43,46,90H2,1-8H3,(H2,91,113)(H2,92,114)(H2,93,115)(H,98,111)(H,99,121)(H,100,118)(H,101,120)(H,102,125)(H,103,127)(H,104,126)(H,105,122)(H,106,123)(H,107,119)(H,108,124)(H,116,117)(H3,94,96,129)/t48-,55-,59+,60+,61+,62+,63+,64+,65+,72+,73-,74-/m1/s1. The van der Waals surface area contributed by atoms with Crippen molar-refractivity contribution in [2.45, 2.75) is 213 Å². The number of ether oxygens (including phenoxy) is 2. The van der Waals surface area contributed by atoms with Crippen molar-refractivity contribution in [1.29, 1.82) is 0 Å². The molecule has 0 unspecified atom stereocenters. The summed E-state index contributed by atoms with van der Waals surface area (Å²) in [5, 5.41) is 54.8. The number of aromatic amines is 1. The normalized spacial score (nSPS) is 19.6. The number of carboxylic acid groups (broad SMARTS) is 1. The van der Waals surface area contributed by atoms with Gasteiger partial charge in [-0.3, -0.25) is 86.5 Å². The molecule has 2 aliphatic rings. The summed E-state index contributed by atoms with van der Waals surface area (Å²) in [6, 6.07) is 8.32. The number of nitrogens with one attached hydrogen (secondary N) is 13. The predicted molar refractivity (Wildman–Crippen MR) is 489 cm³/mol. The lowest BCUT2D eigenvalue weighted by atomic mass is 9.80. The van der Waals surface area contributed by atoms with Crippen molar-refractivity contribution in [3.05, 3.63) is 143 Å². The first-order valence-electron chi connectivity index (χ1n) is 43.0. The minimum atomic E-state index is -2.00. The van der Waals surface area contributed by atoms with E-state index in [1.807, 2.05) is 19.1 Å². The fraction of sp³-hybridized carbons (Fsp3) is 0.472. The number of rotatable bonds is 40. The molecule has 0 saturated carbocycles. The number of carbonyl (C=O) groups is 18. The number of carbonyl (C=O) groups excluding carboxylic acids is 17. The van der Waals surface area contributed by atoms with Crippen LogP contribution in [0.1, 0.15) is 127 Å². The Balaban J connectivity index is 1.22. The molecule has 2 aliphatic heterocycles. The van der Waals surface area contributed by atoms with Crippen LogP contribution in [0.15, 0.2) is 116 Å². The number of hydrogen-bond acceptors (Lipinski definition) is 25. The molecule has 0 spiro atoms. The van der Waals surface area contributed by atoms with Gasteiger partial charge in [-0.1, -0.05) is 100 Å². The van der Waals surface area contributed by atoms with E-state index in [9.17, 15) is 67.7 Å². The summed E-state index contributed by atoms with van der Waals surface area (Å²) in [7, 11) is 2.98. The van der Waals surface area contributed by atoms with Gasteiger partial charge in [0.15, 0.2) is 5.78 Å². The number of aliphatic hydroxyl groups is 1. The molecule has 2 saturated heterocycles. The van der Waals surface area contributed by atoms with Crippen LogP contribution in [0, 0.1) is 12.8 Å². The summed E-state index contributed by atoms with van der Waals surface area (Å²) in [6.07, 6.45) is -3.74. The fourth-order valence-corrected chi connectivity index (χ4v) is 18.0. The molecular weight excluding hydrogens is 1770 g/mol. The Bertz CT molecular complexity index is 5250. The second-order valence-electron chi connectivity index (χ2n) is 33.9. The lowest BCUT2D eigenvalue weighted by Gasteiger charge is -2.39. The van der Waals surface area contributed by atoms with Crippen LogP contribution in [-0.2, 0) is 112 Å². The van der Waals surface area contributed by atoms with Crippen LogP contribution in [-0.4, -0.2) is 260 Å². The number of primary amides is 4. The largest absolute Gasteiger partial charge is 0.492 e. The van der Waals surface area contributed by atoms with E-state index < -0.39 is 239 Å². The number of aromatic nitrogens is 2. The Morgan fingerprint density at radius 2 is 1.26 bits per heavy atom. The first-order valence-corrected chi connectivity index (χ1v) is 45.2. The van der Waals surface area contributed by atoms with Crippen LogP contribution >= 0.6 is 21.6 Å². The molecule has 0 aliphatic carbocycles. The van der Waals surface area contributed by atoms with Crippen LogP contribution in [0.4, 0.5) is 4.79 Å². The molecule has 4 aromatic carbocycles. The molecule has 2 aromatic heterocycles. The molecule has 2 fully saturated rings. The number of pyridine rings is 1. The van der Waals surface area contributed by atoms with Crippen LogP contribution in [0.5, 0.6) is 5.75 Å². The highest BCUT2D eigenvalue weighted by atomic mass is 33.1. The minimum Gasteiger partial charge on any atom is -0.492 e. The van der Waals surface area contributed by atoms with E-state index in [2.05, 4.69) is 73.8 Å². The van der Waals surface area contributed by atoms with E-state index in [0.29, 0.717) is 44.3 Å². The Morgan fingerprint density at radius 3 is 1.90 bits per heavy atom. The van der Waals surface area contributed by atoms with Crippen molar-refractivity contribution in [3.8, 4) is 5.75 Å². The highest BCUT2D eigenvalue weighted by Gasteiger charge is 2.49. The summed E-state index contributed by atoms with van der Waals surface area (Å²) in [5.74, 6) is -19.5. The molecule has 44 heteroatoms. The van der Waals surface area contributed by atoms with Crippen LogP contribution in [0.25, 0.3) is 21.7 Å². The second-order valence-corrected chi connectivity index (χ2v) is 37.4. The molecule has 4 heterocycles. The zero-order valence-electron chi connectivity index (χ0n) is 75.0. The number of Topliss-reactive ketones (excluding diaryl/α,β-unsaturated/α-hetero) is 1. The van der Waals surface area contributed by atoms with Gasteiger partial charge in [0.05, 0.1) is 25.5 Å². The molecule has 718 valence electrons. The van der Waals surface area contributed by atoms with Gasteiger partial charge in [0.1, 0.15) is 78.3 Å². The SMILES string of the molecule is CC(=O)N[C@@H]1C(=O)N[C@@H](CC(N)=O)C(=O)N[C@@H]([C@@H](C)O)C(=O)N[C@@H](Cc2c[nH]c3c(C)cccc23)C(=O)N[C@@H](CCCNC(N)=O)C(=O)N[C@H](C(=O)N[C@@H](Cc2ccc(OCCN)cc2)C(=O)N[C@@H](Cc2ccc3ccccc3c2)C(=O)NC2(C(=O)C[C@@H](CCC(=O)O)C(=O)N[C@@H](CC(N)=O)C(=O)N[C@@H](Cc3cccnc3)C(=O)N(C)CC(N)=O)CCOCC2)C(C)(C)SSC1(C)C. The van der Waals surface area contributed by atoms with E-state index in [-0.39, 0.29) is 77.9 Å². The molecule has 0 radical (unpaired) electrons. The van der Waals surface area contributed by atoms with Crippen LogP contribution in [0.3, 0.4) is 0 Å². The fourth-order valence-electron chi connectivity index (χ4n) is 15.2. The number of benzene rings is 4. The molecule has 12 atom stereocenters. The van der Waals surface area contributed by atoms with Gasteiger partial charge in [0, 0.05) is 137 Å². The number of likely N-dealkylation sites (N-methyl/N-ethyl adjacent to an activating group) is 1. The first kappa shape index (κ1) is 105. The van der Waals surface area contributed by atoms with E-state index in [1.54, 1.807) is 91.1 Å². The van der Waals surface area contributed by atoms with Crippen molar-refractivity contribution in [3.63, 3.8) is 0 Å². The highest BCUT2D eigenvalue weighted by molar-refractivity contribution is 8.77. The van der Waals surface area contributed by atoms with Gasteiger partial charge >= 0.3 is 12.0 Å². The third-order valence-corrected chi connectivity index (χ3v) is 26.6. The highest BCUT2D eigenvalue weighted by Crippen LogP contribution is 2.47. The Labute approximate surface area is 774 Å². The van der Waals surface area contributed by atoms with Gasteiger partial charge in [-0.2, -0.15) is 0 Å². The lowest BCUT2D eigenvalue weighted by Crippen LogP contribution is -2.65. The van der Waals surface area contributed by atoms with E-state index in [0.717, 1.165) is 51.3 Å². The maximum absolute atomic E-state index is 16.3. The molecule has 8 rings (SSSR count). The number of amides is 17. The average molecular weight is 1880 g/mol. The summed E-state index contributed by atoms with van der Waals surface area (Å²) in [5.41, 5.74) is 29.0. The third kappa shape index (κ3) is 31.2. The lowest BCUT2D eigenvalue weighted by molar-refractivity contribution is -0.142. The number of aliphatic hydroxyl groups excluding tert-OH is 1. The van der Waals surface area contributed by atoms with Gasteiger partial charge in [0.25, 0.3) is 0 Å². The quantitative estimate of drug-likeness (QED) is 0.0147. The van der Waals surface area contributed by atoms with E-state index in [1.165, 1.54) is 47.1 Å². The molecule has 42 nitrogen and oxygen atoms in total. The maximum Gasteiger partial charge on any atom is 0.312 e. The molecule has 25 N–H and O–H groups in total. The van der Waals surface area contributed by atoms with Crippen LogP contribution < -0.4 is 97.2 Å². The van der Waals surface area contributed by atoms with Crippen molar-refractivity contribution in [2.75, 3.05) is 46.5 Å². The Morgan fingerprint density at radius 1 is 0.647 bits per heavy atom. The molecular formula is C89H118N20O22S2. The van der Waals surface area contributed by atoms with Gasteiger partial charge in [-0.15, -0.1) is 0 Å². The van der Waals surface area contributed by atoms with Crippen molar-refractivity contribution >= 4 is 150 Å². The summed E-state index contributed by atoms with van der Waals surface area (Å²) >= 11 is 0. The van der Waals surface area contributed by atoms with Gasteiger partial charge in [0.2, 0.25) is 88.6 Å². The first-order chi connectivity index (χ1) is 62.9. The number of fused-ring (bicyclic) bond motifs is 2. The zero-order chi connectivity index (χ0) is 97.8. The summed E-state index contributed by atoms with van der Waals surface area (Å²) < 4.78 is 8.24. The van der Waals surface area contributed by atoms with Gasteiger partial charge in [-0.05, 0) is 118 Å². The summed E-state index contributed by atoms with van der Waals surface area (Å²) in [6.45, 7) is 9.07. The van der Waals surface area contributed by atoms with Crippen LogP contribution in [0.2, 0.25) is 0 Å². The predicted octanol–water partition coefficient (Wildman–Crippen LogP) is -1.92. The number of carboxylic acids is 1. The van der Waals surface area contributed by atoms with E-state index in [4.69, 9.17) is 38.1 Å². The maximum atomic E-state index is 16.3. The molecule has 6 aromatic rings. The topological polar surface area (TPSA) is 673 Å². The number of nitrogens with zero attached hydrogens (tertiary/aromatic N) is 2. The monoisotopic (exact) mass is 1880 g/mol. The number of hydrogen-bond donors (Lipinski definition) is 20. The number of ketones is 1. The molecule has 0 bridgehead atoms. The Hall–Kier alpha value is -13.3. The average Bonchev–Trinajstić information content (AvgIpc) is 1.45. The number of para-hydroxylation sites is 1. The Kier molecular flexibility index (Phi) is 38.5. The molecule has 133 heavy (non-hydrogen) atoms. The van der Waals surface area contributed by atoms with Gasteiger partial charge < -0.3 is 122 Å².